The molecule has 7 heteroatoms. The number of aryl methyl sites for hydroxylation is 1. The maximum Gasteiger partial charge on any atom is 0.235 e. The molecule has 0 amide bonds. The van der Waals surface area contributed by atoms with E-state index < -0.39 is 0 Å². The third kappa shape index (κ3) is 2.49. The van der Waals surface area contributed by atoms with Crippen LogP contribution in [0.15, 0.2) is 60.7 Å². The number of fused-ring (bicyclic) bond motifs is 1. The van der Waals surface area contributed by atoms with Crippen molar-refractivity contribution in [3.8, 4) is 33.3 Å². The molecule has 5 aromatic rings. The molecule has 0 radical (unpaired) electrons. The van der Waals surface area contributed by atoms with Crippen LogP contribution in [0.5, 0.6) is 0 Å². The van der Waals surface area contributed by atoms with Crippen molar-refractivity contribution in [3.63, 3.8) is 0 Å². The molecule has 0 saturated carbocycles. The van der Waals surface area contributed by atoms with Crippen molar-refractivity contribution in [1.29, 1.82) is 0 Å². The normalized spacial score (nSPS) is 11.3. The van der Waals surface area contributed by atoms with Gasteiger partial charge in [0.1, 0.15) is 0 Å². The van der Waals surface area contributed by atoms with Crippen LogP contribution in [0, 0.1) is 6.92 Å². The molecule has 126 valence electrons. The second-order valence-electron chi connectivity index (χ2n) is 6.03. The number of aromatic amines is 1. The monoisotopic (exact) mass is 358 g/mol. The second-order valence-corrected chi connectivity index (χ2v) is 6.98. The SMILES string of the molecule is Cc1cccc(-c2nnc3sc(-c4cc(-c5ccccc5)n[nH]4)nn23)c1. The molecule has 0 spiro atoms. The summed E-state index contributed by atoms with van der Waals surface area (Å²) in [4.78, 5) is 0.757. The second kappa shape index (κ2) is 5.89. The van der Waals surface area contributed by atoms with Crippen LogP contribution in [0.1, 0.15) is 5.56 Å². The van der Waals surface area contributed by atoms with Crippen molar-refractivity contribution in [2.45, 2.75) is 6.92 Å². The van der Waals surface area contributed by atoms with E-state index in [4.69, 9.17) is 5.10 Å². The van der Waals surface area contributed by atoms with Crippen molar-refractivity contribution in [2.75, 3.05) is 0 Å². The lowest BCUT2D eigenvalue weighted by Gasteiger charge is -1.98. The third-order valence-corrected chi connectivity index (χ3v) is 5.08. The lowest BCUT2D eigenvalue weighted by atomic mass is 10.1. The Hall–Kier alpha value is -3.32. The van der Waals surface area contributed by atoms with Crippen LogP contribution < -0.4 is 0 Å². The van der Waals surface area contributed by atoms with Crippen molar-refractivity contribution >= 4 is 16.3 Å². The van der Waals surface area contributed by atoms with Crippen LogP contribution in [0.3, 0.4) is 0 Å². The zero-order chi connectivity index (χ0) is 17.5. The van der Waals surface area contributed by atoms with Crippen LogP contribution in [0.4, 0.5) is 0 Å². The molecular formula is C19H14N6S. The van der Waals surface area contributed by atoms with Gasteiger partial charge >= 0.3 is 0 Å². The molecule has 0 aliphatic rings. The molecule has 2 aromatic carbocycles. The highest BCUT2D eigenvalue weighted by Gasteiger charge is 2.16. The first-order valence-corrected chi connectivity index (χ1v) is 9.00. The Kier molecular flexibility index (Phi) is 3.39. The van der Waals surface area contributed by atoms with Gasteiger partial charge in [0, 0.05) is 11.1 Å². The number of hydrogen-bond acceptors (Lipinski definition) is 5. The molecular weight excluding hydrogens is 344 g/mol. The van der Waals surface area contributed by atoms with E-state index in [1.807, 2.05) is 48.5 Å². The molecule has 5 rings (SSSR count). The molecule has 1 N–H and O–H groups in total. The Morgan fingerprint density at radius 2 is 1.77 bits per heavy atom. The van der Waals surface area contributed by atoms with E-state index in [1.165, 1.54) is 16.9 Å². The highest BCUT2D eigenvalue weighted by Crippen LogP contribution is 2.29. The zero-order valence-electron chi connectivity index (χ0n) is 13.9. The molecule has 0 fully saturated rings. The van der Waals surface area contributed by atoms with Crippen LogP contribution in [0.25, 0.3) is 38.3 Å². The topological polar surface area (TPSA) is 71.8 Å². The summed E-state index contributed by atoms with van der Waals surface area (Å²) in [6, 6.07) is 20.3. The zero-order valence-corrected chi connectivity index (χ0v) is 14.7. The van der Waals surface area contributed by atoms with Gasteiger partial charge in [0.05, 0.1) is 11.4 Å². The van der Waals surface area contributed by atoms with Gasteiger partial charge in [0.25, 0.3) is 0 Å². The van der Waals surface area contributed by atoms with Gasteiger partial charge in [0.15, 0.2) is 10.8 Å². The molecule has 0 atom stereocenters. The molecule has 3 heterocycles. The lowest BCUT2D eigenvalue weighted by molar-refractivity contribution is 0.963. The van der Waals surface area contributed by atoms with E-state index in [-0.39, 0.29) is 0 Å². The van der Waals surface area contributed by atoms with Crippen molar-refractivity contribution in [3.05, 3.63) is 66.2 Å². The summed E-state index contributed by atoms with van der Waals surface area (Å²) in [7, 11) is 0. The quantitative estimate of drug-likeness (QED) is 0.524. The maximum absolute atomic E-state index is 4.69. The van der Waals surface area contributed by atoms with Crippen molar-refractivity contribution in [1.82, 2.24) is 30.0 Å². The molecule has 26 heavy (non-hydrogen) atoms. The molecule has 6 nitrogen and oxygen atoms in total. The highest BCUT2D eigenvalue weighted by molar-refractivity contribution is 7.19. The minimum Gasteiger partial charge on any atom is -0.275 e. The molecule has 3 aromatic heterocycles. The van der Waals surface area contributed by atoms with Crippen molar-refractivity contribution < 1.29 is 0 Å². The summed E-state index contributed by atoms with van der Waals surface area (Å²) in [5.74, 6) is 0.744. The fourth-order valence-corrected chi connectivity index (χ4v) is 3.68. The fraction of sp³-hybridized carbons (Fsp3) is 0.0526. The summed E-state index contributed by atoms with van der Waals surface area (Å²) < 4.78 is 1.79. The van der Waals surface area contributed by atoms with Gasteiger partial charge in [-0.2, -0.15) is 14.7 Å². The summed E-state index contributed by atoms with van der Waals surface area (Å²) >= 11 is 1.49. The first kappa shape index (κ1) is 15.0. The fourth-order valence-electron chi connectivity index (χ4n) is 2.88. The summed E-state index contributed by atoms with van der Waals surface area (Å²) in [5, 5.41) is 21.6. The van der Waals surface area contributed by atoms with Gasteiger partial charge in [-0.25, -0.2) is 0 Å². The lowest BCUT2D eigenvalue weighted by Crippen LogP contribution is -1.91. The largest absolute Gasteiger partial charge is 0.275 e. The van der Waals surface area contributed by atoms with E-state index in [1.54, 1.807) is 4.52 Å². The van der Waals surface area contributed by atoms with E-state index >= 15 is 0 Å². The van der Waals surface area contributed by atoms with Gasteiger partial charge in [-0.3, -0.25) is 5.10 Å². The van der Waals surface area contributed by atoms with Crippen LogP contribution >= 0.6 is 11.3 Å². The number of benzene rings is 2. The van der Waals surface area contributed by atoms with Gasteiger partial charge in [-0.15, -0.1) is 10.2 Å². The van der Waals surface area contributed by atoms with Crippen molar-refractivity contribution in [2.24, 2.45) is 0 Å². The van der Waals surface area contributed by atoms with Gasteiger partial charge < -0.3 is 0 Å². The van der Waals surface area contributed by atoms with Gasteiger partial charge in [-0.05, 0) is 19.1 Å². The molecule has 0 aliphatic heterocycles. The summed E-state index contributed by atoms with van der Waals surface area (Å²) in [6.45, 7) is 2.06. The third-order valence-electron chi connectivity index (χ3n) is 4.14. The first-order valence-electron chi connectivity index (χ1n) is 8.18. The number of H-pyrrole nitrogens is 1. The van der Waals surface area contributed by atoms with E-state index in [2.05, 4.69) is 39.5 Å². The molecule has 0 aliphatic carbocycles. The minimum atomic E-state index is 0.744. The van der Waals surface area contributed by atoms with E-state index in [9.17, 15) is 0 Å². The number of nitrogens with zero attached hydrogens (tertiary/aromatic N) is 5. The molecule has 0 bridgehead atoms. The van der Waals surface area contributed by atoms with Gasteiger partial charge in [0.2, 0.25) is 4.96 Å². The molecule has 0 unspecified atom stereocenters. The molecule has 0 saturated heterocycles. The highest BCUT2D eigenvalue weighted by atomic mass is 32.1. The minimum absolute atomic E-state index is 0.744. The van der Waals surface area contributed by atoms with Crippen LogP contribution in [-0.4, -0.2) is 30.0 Å². The number of rotatable bonds is 3. The standard InChI is InChI=1S/C19H14N6S/c1-12-6-5-9-14(10-12)17-22-23-19-25(17)24-18(26-19)16-11-15(20-21-16)13-7-3-2-4-8-13/h2-11H,1H3,(H,20,21). The van der Waals surface area contributed by atoms with Crippen LogP contribution in [-0.2, 0) is 0 Å². The number of nitrogens with one attached hydrogen (secondary N) is 1. The van der Waals surface area contributed by atoms with E-state index in [0.717, 1.165) is 38.3 Å². The van der Waals surface area contributed by atoms with E-state index in [0.29, 0.717) is 0 Å². The first-order chi connectivity index (χ1) is 12.8. The Labute approximate surface area is 153 Å². The summed E-state index contributed by atoms with van der Waals surface area (Å²) in [6.07, 6.45) is 0. The van der Waals surface area contributed by atoms with Gasteiger partial charge in [-0.1, -0.05) is 65.4 Å². The average molecular weight is 358 g/mol. The smallest absolute Gasteiger partial charge is 0.235 e. The van der Waals surface area contributed by atoms with Crippen LogP contribution in [0.2, 0.25) is 0 Å². The number of aromatic nitrogens is 6. The Bertz CT molecular complexity index is 1200. The predicted octanol–water partition coefficient (Wildman–Crippen LogP) is 4.22. The summed E-state index contributed by atoms with van der Waals surface area (Å²) in [5.41, 5.74) is 5.01. The Morgan fingerprint density at radius 3 is 2.62 bits per heavy atom. The number of hydrogen-bond donors (Lipinski definition) is 1. The maximum atomic E-state index is 4.69. The average Bonchev–Trinajstić information content (AvgIpc) is 3.37. The Balaban J connectivity index is 1.56. The predicted molar refractivity (Wildman–Crippen MR) is 102 cm³/mol. The Morgan fingerprint density at radius 1 is 0.923 bits per heavy atom.